The fourth-order valence-electron chi connectivity index (χ4n) is 3.41. The molecule has 0 unspecified atom stereocenters. The van der Waals surface area contributed by atoms with Crippen LogP contribution in [-0.2, 0) is 16.4 Å². The highest BCUT2D eigenvalue weighted by Gasteiger charge is 2.29. The number of ether oxygens (including phenoxy) is 1. The van der Waals surface area contributed by atoms with E-state index in [0.29, 0.717) is 12.3 Å². The maximum atomic E-state index is 13.3. The number of amides is 1. The van der Waals surface area contributed by atoms with E-state index in [1.165, 1.54) is 26.2 Å². The minimum absolute atomic E-state index is 0.0812. The third kappa shape index (κ3) is 3.50. The minimum Gasteiger partial charge on any atom is -0.495 e. The first-order valence-electron chi connectivity index (χ1n) is 8.89. The lowest BCUT2D eigenvalue weighted by Crippen LogP contribution is -2.36. The van der Waals surface area contributed by atoms with Gasteiger partial charge in [-0.15, -0.1) is 0 Å². The number of methoxy groups -OCH3 is 1. The van der Waals surface area contributed by atoms with Gasteiger partial charge in [-0.3, -0.25) is 4.79 Å². The van der Waals surface area contributed by atoms with Crippen molar-refractivity contribution in [2.75, 3.05) is 32.6 Å². The molecule has 2 aromatic rings. The molecule has 0 bridgehead atoms. The van der Waals surface area contributed by atoms with E-state index in [-0.39, 0.29) is 21.4 Å². The van der Waals surface area contributed by atoms with Crippen LogP contribution in [0.2, 0.25) is 5.02 Å². The van der Waals surface area contributed by atoms with Crippen LogP contribution in [-0.4, -0.2) is 46.4 Å². The average Bonchev–Trinajstić information content (AvgIpc) is 2.67. The van der Waals surface area contributed by atoms with Crippen LogP contribution in [0, 0.1) is 6.92 Å². The predicted molar refractivity (Wildman–Crippen MR) is 110 cm³/mol. The largest absolute Gasteiger partial charge is 0.495 e. The molecule has 0 aliphatic carbocycles. The zero-order chi connectivity index (χ0) is 20.6. The maximum Gasteiger partial charge on any atom is 0.258 e. The number of aryl methyl sites for hydroxylation is 1. The van der Waals surface area contributed by atoms with Gasteiger partial charge in [0, 0.05) is 26.2 Å². The summed E-state index contributed by atoms with van der Waals surface area (Å²) in [5, 5.41) is 0.0812. The summed E-state index contributed by atoms with van der Waals surface area (Å²) in [5.74, 6) is 0.348. The van der Waals surface area contributed by atoms with Gasteiger partial charge in [0.2, 0.25) is 10.0 Å². The van der Waals surface area contributed by atoms with Gasteiger partial charge in [-0.25, -0.2) is 12.7 Å². The van der Waals surface area contributed by atoms with Gasteiger partial charge in [-0.05, 0) is 55.2 Å². The van der Waals surface area contributed by atoms with Gasteiger partial charge in [-0.1, -0.05) is 17.7 Å². The van der Waals surface area contributed by atoms with Gasteiger partial charge >= 0.3 is 0 Å². The van der Waals surface area contributed by atoms with E-state index >= 15 is 0 Å². The molecule has 1 aliphatic heterocycles. The first-order valence-corrected chi connectivity index (χ1v) is 10.7. The molecule has 8 heteroatoms. The number of rotatable bonds is 4. The highest BCUT2D eigenvalue weighted by molar-refractivity contribution is 7.89. The molecule has 0 radical (unpaired) electrons. The van der Waals surface area contributed by atoms with Crippen molar-refractivity contribution in [3.05, 3.63) is 52.0 Å². The third-order valence-corrected chi connectivity index (χ3v) is 7.26. The summed E-state index contributed by atoms with van der Waals surface area (Å²) in [6.45, 7) is 2.54. The van der Waals surface area contributed by atoms with E-state index in [1.807, 2.05) is 19.1 Å². The molecule has 28 heavy (non-hydrogen) atoms. The van der Waals surface area contributed by atoms with E-state index in [4.69, 9.17) is 16.3 Å². The summed E-state index contributed by atoms with van der Waals surface area (Å²) in [5.41, 5.74) is 3.20. The Hall–Kier alpha value is -2.09. The highest BCUT2D eigenvalue weighted by atomic mass is 35.5. The van der Waals surface area contributed by atoms with E-state index < -0.39 is 10.0 Å². The zero-order valence-electron chi connectivity index (χ0n) is 16.3. The Bertz CT molecular complexity index is 1030. The summed E-state index contributed by atoms with van der Waals surface area (Å²) < 4.78 is 31.7. The lowest BCUT2D eigenvalue weighted by Gasteiger charge is -2.32. The number of benzene rings is 2. The van der Waals surface area contributed by atoms with Crippen molar-refractivity contribution in [2.24, 2.45) is 0 Å². The average molecular weight is 423 g/mol. The number of hydrogen-bond acceptors (Lipinski definition) is 4. The monoisotopic (exact) mass is 422 g/mol. The van der Waals surface area contributed by atoms with Gasteiger partial charge in [0.05, 0.1) is 17.8 Å². The maximum absolute atomic E-state index is 13.3. The number of fused-ring (bicyclic) bond motifs is 1. The number of sulfonamides is 1. The van der Waals surface area contributed by atoms with Crippen molar-refractivity contribution in [3.8, 4) is 5.75 Å². The Kier molecular flexibility index (Phi) is 5.70. The molecule has 0 saturated carbocycles. The van der Waals surface area contributed by atoms with E-state index in [0.717, 1.165) is 34.0 Å². The molecule has 1 amide bonds. The Morgan fingerprint density at radius 1 is 1.21 bits per heavy atom. The van der Waals surface area contributed by atoms with Crippen LogP contribution in [0.25, 0.3) is 0 Å². The fraction of sp³-hybridized carbons (Fsp3) is 0.350. The van der Waals surface area contributed by atoms with Crippen molar-refractivity contribution in [2.45, 2.75) is 24.7 Å². The predicted octanol–water partition coefficient (Wildman–Crippen LogP) is 3.50. The van der Waals surface area contributed by atoms with Crippen LogP contribution in [0.1, 0.15) is 27.9 Å². The van der Waals surface area contributed by atoms with E-state index in [9.17, 15) is 13.2 Å². The second-order valence-electron chi connectivity index (χ2n) is 6.90. The second kappa shape index (κ2) is 7.73. The van der Waals surface area contributed by atoms with Crippen molar-refractivity contribution in [1.82, 2.24) is 4.31 Å². The molecule has 150 valence electrons. The van der Waals surface area contributed by atoms with E-state index in [1.54, 1.807) is 18.1 Å². The lowest BCUT2D eigenvalue weighted by molar-refractivity contribution is 0.0984. The van der Waals surface area contributed by atoms with Gasteiger partial charge in [0.15, 0.2) is 0 Å². The lowest BCUT2D eigenvalue weighted by atomic mass is 9.95. The summed E-state index contributed by atoms with van der Waals surface area (Å²) in [4.78, 5) is 14.9. The molecule has 3 rings (SSSR count). The van der Waals surface area contributed by atoms with E-state index in [2.05, 4.69) is 0 Å². The summed E-state index contributed by atoms with van der Waals surface area (Å²) >= 11 is 6.11. The number of carbonyl (C=O) groups excluding carboxylic acids is 1. The smallest absolute Gasteiger partial charge is 0.258 e. The second-order valence-corrected chi connectivity index (χ2v) is 9.43. The SMILES string of the molecule is COc1ccc(C)c2c1N(C(=O)c1ccc(Cl)c(S(=O)(=O)N(C)C)c1)CCC2. The number of carbonyl (C=O) groups is 1. The molecular weight excluding hydrogens is 400 g/mol. The topological polar surface area (TPSA) is 66.9 Å². The number of nitrogens with zero attached hydrogens (tertiary/aromatic N) is 2. The van der Waals surface area contributed by atoms with Crippen molar-refractivity contribution >= 4 is 33.2 Å². The normalized spacial score (nSPS) is 14.1. The first kappa shape index (κ1) is 20.6. The molecule has 1 heterocycles. The molecule has 2 aromatic carbocycles. The molecule has 6 nitrogen and oxygen atoms in total. The first-order chi connectivity index (χ1) is 13.2. The van der Waals surface area contributed by atoms with Crippen LogP contribution in [0.4, 0.5) is 5.69 Å². The van der Waals surface area contributed by atoms with Crippen molar-refractivity contribution in [1.29, 1.82) is 0 Å². The van der Waals surface area contributed by atoms with Gasteiger partial charge in [0.1, 0.15) is 10.6 Å². The molecule has 0 aromatic heterocycles. The minimum atomic E-state index is -3.77. The van der Waals surface area contributed by atoms with Crippen molar-refractivity contribution < 1.29 is 17.9 Å². The summed E-state index contributed by atoms with van der Waals surface area (Å²) in [6.07, 6.45) is 1.69. The molecule has 1 aliphatic rings. The fourth-order valence-corrected chi connectivity index (χ4v) is 4.80. The Balaban J connectivity index is 2.10. The molecule has 0 N–H and O–H groups in total. The summed E-state index contributed by atoms with van der Waals surface area (Å²) in [7, 11) is 0.658. The number of hydrogen-bond donors (Lipinski definition) is 0. The molecule has 0 saturated heterocycles. The van der Waals surface area contributed by atoms with Gasteiger partial charge < -0.3 is 9.64 Å². The Labute approximate surface area is 170 Å². The number of halogens is 1. The highest BCUT2D eigenvalue weighted by Crippen LogP contribution is 2.39. The van der Waals surface area contributed by atoms with Crippen LogP contribution < -0.4 is 9.64 Å². The quantitative estimate of drug-likeness (QED) is 0.756. The Morgan fingerprint density at radius 3 is 2.57 bits per heavy atom. The Morgan fingerprint density at radius 2 is 1.93 bits per heavy atom. The van der Waals surface area contributed by atoms with Crippen LogP contribution in [0.15, 0.2) is 35.2 Å². The third-order valence-electron chi connectivity index (χ3n) is 4.96. The number of anilines is 1. The van der Waals surface area contributed by atoms with Crippen LogP contribution in [0.3, 0.4) is 0 Å². The molecule has 0 atom stereocenters. The zero-order valence-corrected chi connectivity index (χ0v) is 17.9. The molecule has 0 spiro atoms. The van der Waals surface area contributed by atoms with Gasteiger partial charge in [-0.2, -0.15) is 0 Å². The van der Waals surface area contributed by atoms with Crippen LogP contribution >= 0.6 is 11.6 Å². The van der Waals surface area contributed by atoms with Crippen molar-refractivity contribution in [3.63, 3.8) is 0 Å². The molecule has 0 fully saturated rings. The summed E-state index contributed by atoms with van der Waals surface area (Å²) in [6, 6.07) is 8.18. The standard InChI is InChI=1S/C20H23ClN2O4S/c1-13-7-10-17(27-4)19-15(13)6-5-11-23(19)20(24)14-8-9-16(21)18(12-14)28(25,26)22(2)3/h7-10,12H,5-6,11H2,1-4H3. The van der Waals surface area contributed by atoms with Gasteiger partial charge in [0.25, 0.3) is 5.91 Å². The van der Waals surface area contributed by atoms with Crippen LogP contribution in [0.5, 0.6) is 5.75 Å². The molecular formula is C20H23ClN2O4S.